The predicted molar refractivity (Wildman–Crippen MR) is 156 cm³/mol. The smallest absolute Gasteiger partial charge is 0.417 e. The number of halogens is 6. The first-order valence-corrected chi connectivity index (χ1v) is 15.6. The highest BCUT2D eigenvalue weighted by molar-refractivity contribution is 7.22. The molecule has 0 radical (unpaired) electrons. The van der Waals surface area contributed by atoms with Gasteiger partial charge in [-0.05, 0) is 50.4 Å². The van der Waals surface area contributed by atoms with Crippen LogP contribution in [0.4, 0.5) is 37.3 Å². The second kappa shape index (κ2) is 10.0. The number of nitrogens with one attached hydrogen (secondary N) is 1. The van der Waals surface area contributed by atoms with Gasteiger partial charge in [0.15, 0.2) is 10.9 Å². The van der Waals surface area contributed by atoms with Crippen molar-refractivity contribution in [3.05, 3.63) is 35.4 Å². The van der Waals surface area contributed by atoms with E-state index in [1.807, 2.05) is 4.90 Å². The molecule has 1 spiro atoms. The maximum absolute atomic E-state index is 16.7. The van der Waals surface area contributed by atoms with Crippen molar-refractivity contribution in [2.75, 3.05) is 44.0 Å². The Labute approximate surface area is 256 Å². The Kier molecular flexibility index (Phi) is 6.47. The molecular formula is C30H28F6N6O2S. The summed E-state index contributed by atoms with van der Waals surface area (Å²) in [5.41, 5.74) is 2.29. The lowest BCUT2D eigenvalue weighted by atomic mass is 9.64. The van der Waals surface area contributed by atoms with Gasteiger partial charge in [0.25, 0.3) is 0 Å². The molecule has 0 amide bonds. The number of aromatic nitrogens is 3. The monoisotopic (exact) mass is 650 g/mol. The molecule has 3 aliphatic heterocycles. The Morgan fingerprint density at radius 1 is 1.11 bits per heavy atom. The fourth-order valence-electron chi connectivity index (χ4n) is 7.62. The lowest BCUT2D eigenvalue weighted by molar-refractivity contribution is -0.159. The second-order valence-electron chi connectivity index (χ2n) is 12.8. The summed E-state index contributed by atoms with van der Waals surface area (Å²) in [6.45, 7) is 2.30. The van der Waals surface area contributed by atoms with E-state index in [1.54, 1.807) is 0 Å². The largest absolute Gasteiger partial charge is 0.461 e. The molecular weight excluding hydrogens is 622 g/mol. The van der Waals surface area contributed by atoms with Crippen LogP contribution in [0.15, 0.2) is 18.2 Å². The fraction of sp³-hybridized carbons (Fsp3) is 0.500. The molecule has 5 heterocycles. The topological polar surface area (TPSA) is 98.4 Å². The van der Waals surface area contributed by atoms with Gasteiger partial charge in [-0.3, -0.25) is 4.90 Å². The van der Waals surface area contributed by atoms with Gasteiger partial charge in [0, 0.05) is 40.9 Å². The van der Waals surface area contributed by atoms with Crippen molar-refractivity contribution in [1.29, 1.82) is 0 Å². The molecule has 4 aromatic rings. The van der Waals surface area contributed by atoms with Gasteiger partial charge in [-0.2, -0.15) is 23.1 Å². The number of hydrogen-bond acceptors (Lipinski definition) is 9. The number of nitrogens with two attached hydrogens (primary N) is 1. The second-order valence-corrected chi connectivity index (χ2v) is 13.8. The average molecular weight is 651 g/mol. The molecule has 2 aromatic carbocycles. The highest BCUT2D eigenvalue weighted by Crippen LogP contribution is 2.50. The number of thiazole rings is 1. The van der Waals surface area contributed by atoms with Crippen LogP contribution in [0.5, 0.6) is 6.01 Å². The first-order valence-electron chi connectivity index (χ1n) is 14.8. The molecule has 3 saturated heterocycles. The van der Waals surface area contributed by atoms with Crippen molar-refractivity contribution < 1.29 is 35.8 Å². The van der Waals surface area contributed by atoms with Gasteiger partial charge in [0.1, 0.15) is 29.9 Å². The third-order valence-corrected chi connectivity index (χ3v) is 10.6. The van der Waals surface area contributed by atoms with Crippen LogP contribution >= 0.6 is 11.3 Å². The molecule has 3 N–H and O–H groups in total. The van der Waals surface area contributed by atoms with Crippen LogP contribution in [-0.4, -0.2) is 70.5 Å². The van der Waals surface area contributed by atoms with Gasteiger partial charge in [-0.1, -0.05) is 11.3 Å². The van der Waals surface area contributed by atoms with Crippen LogP contribution in [0, 0.1) is 17.0 Å². The van der Waals surface area contributed by atoms with Crippen molar-refractivity contribution in [2.45, 2.75) is 56.0 Å². The van der Waals surface area contributed by atoms with Crippen LogP contribution in [0.2, 0.25) is 0 Å². The van der Waals surface area contributed by atoms with Gasteiger partial charge < -0.3 is 20.5 Å². The molecule has 0 bridgehead atoms. The predicted octanol–water partition coefficient (Wildman–Crippen LogP) is 6.33. The Bertz CT molecular complexity index is 1840. The van der Waals surface area contributed by atoms with E-state index in [0.717, 1.165) is 55.3 Å². The molecule has 1 saturated carbocycles. The minimum absolute atomic E-state index is 0.00349. The molecule has 2 atom stereocenters. The van der Waals surface area contributed by atoms with Crippen LogP contribution in [0.25, 0.3) is 32.2 Å². The minimum Gasteiger partial charge on any atom is -0.461 e. The summed E-state index contributed by atoms with van der Waals surface area (Å²) < 4.78 is 101. The van der Waals surface area contributed by atoms with Crippen molar-refractivity contribution in [3.63, 3.8) is 0 Å². The van der Waals surface area contributed by atoms with Gasteiger partial charge in [0.2, 0.25) is 0 Å². The summed E-state index contributed by atoms with van der Waals surface area (Å²) in [6, 6.07) is 2.47. The van der Waals surface area contributed by atoms with Crippen molar-refractivity contribution in [3.8, 4) is 17.1 Å². The molecule has 1 aliphatic carbocycles. The molecule has 238 valence electrons. The third kappa shape index (κ3) is 4.68. The van der Waals surface area contributed by atoms with E-state index in [2.05, 4.69) is 20.3 Å². The summed E-state index contributed by atoms with van der Waals surface area (Å²) in [5, 5.41) is 2.95. The highest BCUT2D eigenvalue weighted by Gasteiger charge is 2.51. The third-order valence-electron chi connectivity index (χ3n) is 9.74. The molecule has 4 aliphatic rings. The summed E-state index contributed by atoms with van der Waals surface area (Å²) in [5.74, 6) is -2.01. The number of alkyl halides is 4. The van der Waals surface area contributed by atoms with Crippen LogP contribution in [0.3, 0.4) is 0 Å². The van der Waals surface area contributed by atoms with E-state index in [-0.39, 0.29) is 62.6 Å². The van der Waals surface area contributed by atoms with E-state index in [4.69, 9.17) is 15.2 Å². The Hall–Kier alpha value is -3.43. The summed E-state index contributed by atoms with van der Waals surface area (Å²) in [6.07, 6.45) is -2.70. The molecule has 45 heavy (non-hydrogen) atoms. The van der Waals surface area contributed by atoms with Gasteiger partial charge in [-0.15, -0.1) is 0 Å². The zero-order valence-corrected chi connectivity index (χ0v) is 24.6. The van der Waals surface area contributed by atoms with Crippen molar-refractivity contribution in [1.82, 2.24) is 19.9 Å². The average Bonchev–Trinajstić information content (AvgIpc) is 3.60. The van der Waals surface area contributed by atoms with E-state index >= 15 is 4.39 Å². The Morgan fingerprint density at radius 3 is 2.64 bits per heavy atom. The van der Waals surface area contributed by atoms with Gasteiger partial charge >= 0.3 is 12.2 Å². The fourth-order valence-corrected chi connectivity index (χ4v) is 8.38. The summed E-state index contributed by atoms with van der Waals surface area (Å²) in [4.78, 5) is 14.8. The van der Waals surface area contributed by atoms with E-state index in [9.17, 15) is 22.0 Å². The lowest BCUT2D eigenvalue weighted by Gasteiger charge is -2.53. The number of nitrogens with zero attached hydrogens (tertiary/aromatic N) is 4. The number of nitrogen functional groups attached to an aromatic ring is 1. The number of rotatable bonds is 6. The van der Waals surface area contributed by atoms with Crippen molar-refractivity contribution in [2.24, 2.45) is 5.41 Å². The number of ether oxygens (including phenoxy) is 2. The van der Waals surface area contributed by atoms with Gasteiger partial charge in [-0.25, -0.2) is 18.2 Å². The van der Waals surface area contributed by atoms with E-state index < -0.39 is 46.2 Å². The molecule has 8 rings (SSSR count). The lowest BCUT2D eigenvalue weighted by Crippen LogP contribution is -2.56. The molecule has 4 fully saturated rings. The standard InChI is InChI=1S/C30H28F6N6O2S/c31-14-7-29(4-1-5-42(29)10-14)13-44-27-40-22-17(25(41-27)38-15-8-28(9-15)11-43-12-28)6-18(30(34,35)36)20(21(22)33)16-2-3-19(32)24-23(16)39-26(37)45-24/h2-3,6,14-15H,1,4-5,7-13H2,(H2,37,39)(H,38,40,41)/t14-,29+/m1/s1. The normalized spacial score (nSPS) is 24.7. The number of hydrogen-bond donors (Lipinski definition) is 2. The summed E-state index contributed by atoms with van der Waals surface area (Å²) in [7, 11) is 0. The summed E-state index contributed by atoms with van der Waals surface area (Å²) >= 11 is 0.756. The number of anilines is 2. The highest BCUT2D eigenvalue weighted by atomic mass is 32.1. The van der Waals surface area contributed by atoms with E-state index in [0.29, 0.717) is 26.2 Å². The molecule has 15 heteroatoms. The van der Waals surface area contributed by atoms with E-state index in [1.165, 1.54) is 0 Å². The Balaban J connectivity index is 1.27. The zero-order valence-electron chi connectivity index (χ0n) is 23.8. The quantitative estimate of drug-likeness (QED) is 0.234. The molecule has 0 unspecified atom stereocenters. The first-order chi connectivity index (χ1) is 21.4. The van der Waals surface area contributed by atoms with Gasteiger partial charge in [0.05, 0.1) is 34.5 Å². The maximum atomic E-state index is 16.7. The zero-order chi connectivity index (χ0) is 31.3. The molecule has 8 nitrogen and oxygen atoms in total. The number of benzene rings is 2. The minimum atomic E-state index is -5.00. The van der Waals surface area contributed by atoms with Crippen molar-refractivity contribution >= 4 is 43.4 Å². The number of fused-ring (bicyclic) bond motifs is 3. The van der Waals surface area contributed by atoms with Crippen LogP contribution in [0.1, 0.15) is 37.7 Å². The van der Waals surface area contributed by atoms with Crippen LogP contribution < -0.4 is 15.8 Å². The maximum Gasteiger partial charge on any atom is 0.417 e. The van der Waals surface area contributed by atoms with Crippen LogP contribution in [-0.2, 0) is 10.9 Å². The molecule has 2 aromatic heterocycles. The Morgan fingerprint density at radius 2 is 1.91 bits per heavy atom. The SMILES string of the molecule is Nc1nc2c(-c3c(C(F)(F)F)cc4c(NC5CC6(COC6)C5)nc(OC[C@@]56CCCN5C[C@H](F)C6)nc4c3F)ccc(F)c2s1. The first kappa shape index (κ1) is 29.0.